The van der Waals surface area contributed by atoms with Gasteiger partial charge in [0.1, 0.15) is 16.8 Å². The van der Waals surface area contributed by atoms with E-state index in [4.69, 9.17) is 4.74 Å². The maximum atomic E-state index is 12.8. The molecule has 2 heterocycles. The van der Waals surface area contributed by atoms with Crippen LogP contribution in [-0.2, 0) is 6.54 Å². The first-order valence-corrected chi connectivity index (χ1v) is 9.81. The third kappa shape index (κ3) is 3.71. The molecular weight excluding hydrogens is 376 g/mol. The third-order valence-corrected chi connectivity index (χ3v) is 5.76. The van der Waals surface area contributed by atoms with Crippen LogP contribution in [0.15, 0.2) is 42.5 Å². The summed E-state index contributed by atoms with van der Waals surface area (Å²) in [5, 5.41) is 10.5. The Morgan fingerprint density at radius 2 is 1.96 bits per heavy atom. The van der Waals surface area contributed by atoms with E-state index in [1.165, 1.54) is 11.7 Å². The Kier molecular flexibility index (Phi) is 5.25. The van der Waals surface area contributed by atoms with Gasteiger partial charge in [-0.15, -0.1) is 0 Å². The Morgan fingerprint density at radius 1 is 1.21 bits per heavy atom. The molecule has 1 amide bonds. The number of aliphatic hydroxyl groups excluding tert-OH is 1. The lowest BCUT2D eigenvalue weighted by atomic mass is 10.1. The number of β-amino-alcohol motifs (C(OH)–C–C–N with tert-alkyl or cyclic N) is 1. The molecule has 1 saturated heterocycles. The second-order valence-electron chi connectivity index (χ2n) is 7.08. The molecule has 8 heteroatoms. The third-order valence-electron chi connectivity index (χ3n) is 5.20. The van der Waals surface area contributed by atoms with Crippen molar-refractivity contribution in [2.45, 2.75) is 18.7 Å². The summed E-state index contributed by atoms with van der Waals surface area (Å²) >= 11 is 1.20. The van der Waals surface area contributed by atoms with Crippen LogP contribution >= 0.6 is 11.7 Å². The molecule has 0 unspecified atom stereocenters. The van der Waals surface area contributed by atoms with Gasteiger partial charge in [-0.3, -0.25) is 9.69 Å². The molecule has 1 aliphatic rings. The Hall–Kier alpha value is -2.55. The molecule has 146 valence electrons. The molecule has 0 saturated carbocycles. The zero-order chi connectivity index (χ0) is 19.7. The number of likely N-dealkylation sites (tertiary alicyclic amines) is 1. The van der Waals surface area contributed by atoms with E-state index in [-0.39, 0.29) is 11.9 Å². The van der Waals surface area contributed by atoms with Crippen LogP contribution in [0.4, 0.5) is 0 Å². The number of amides is 1. The highest BCUT2D eigenvalue weighted by molar-refractivity contribution is 7.00. The Morgan fingerprint density at radius 3 is 2.71 bits per heavy atom. The predicted molar refractivity (Wildman–Crippen MR) is 108 cm³/mol. The Balaban J connectivity index is 1.42. The molecule has 0 bridgehead atoms. The molecule has 0 radical (unpaired) electrons. The van der Waals surface area contributed by atoms with Gasteiger partial charge in [0.2, 0.25) is 0 Å². The van der Waals surface area contributed by atoms with Crippen LogP contribution in [0.25, 0.3) is 11.0 Å². The number of fused-ring (bicyclic) bond motifs is 1. The summed E-state index contributed by atoms with van der Waals surface area (Å²) in [7, 11) is 3.57. The molecular formula is C20H22N4O3S. The first kappa shape index (κ1) is 18.8. The normalized spacial score (nSPS) is 19.5. The number of hydrogen-bond acceptors (Lipinski definition) is 7. The number of likely N-dealkylation sites (N-methyl/N-ethyl adjacent to an activating group) is 1. The van der Waals surface area contributed by atoms with Crippen molar-refractivity contribution in [2.75, 3.05) is 27.2 Å². The van der Waals surface area contributed by atoms with Gasteiger partial charge in [0.05, 0.1) is 31.0 Å². The molecule has 1 aliphatic heterocycles. The largest absolute Gasteiger partial charge is 0.497 e. The number of carbonyl (C=O) groups is 1. The predicted octanol–water partition coefficient (Wildman–Crippen LogP) is 2.02. The summed E-state index contributed by atoms with van der Waals surface area (Å²) in [6.07, 6.45) is -0.586. The standard InChI is InChI=1S/C20H22N4O3S/c1-23(10-13-3-8-16-17(9-13)22-28-21-16)18-11-24(12-19(18)25)20(26)14-4-6-15(27-2)7-5-14/h3-9,18-19,25H,10-12H2,1-2H3/t18-,19-/m1/s1. The van der Waals surface area contributed by atoms with Crippen molar-refractivity contribution in [3.63, 3.8) is 0 Å². The van der Waals surface area contributed by atoms with Gasteiger partial charge in [-0.25, -0.2) is 0 Å². The molecule has 1 fully saturated rings. The van der Waals surface area contributed by atoms with Gasteiger partial charge in [0.25, 0.3) is 5.91 Å². The zero-order valence-corrected chi connectivity index (χ0v) is 16.6. The second kappa shape index (κ2) is 7.83. The van der Waals surface area contributed by atoms with Crippen LogP contribution in [0, 0.1) is 0 Å². The van der Waals surface area contributed by atoms with Crippen molar-refractivity contribution in [1.82, 2.24) is 18.5 Å². The van der Waals surface area contributed by atoms with Crippen molar-refractivity contribution < 1.29 is 14.6 Å². The van der Waals surface area contributed by atoms with Gasteiger partial charge in [-0.05, 0) is 49.0 Å². The molecule has 28 heavy (non-hydrogen) atoms. The van der Waals surface area contributed by atoms with Crippen LogP contribution < -0.4 is 4.74 Å². The fourth-order valence-corrected chi connectivity index (χ4v) is 4.13. The van der Waals surface area contributed by atoms with Crippen LogP contribution in [0.1, 0.15) is 15.9 Å². The lowest BCUT2D eigenvalue weighted by Crippen LogP contribution is -2.40. The van der Waals surface area contributed by atoms with Crippen molar-refractivity contribution in [2.24, 2.45) is 0 Å². The maximum Gasteiger partial charge on any atom is 0.254 e. The van der Waals surface area contributed by atoms with Gasteiger partial charge in [0.15, 0.2) is 0 Å². The number of rotatable bonds is 5. The van der Waals surface area contributed by atoms with Crippen molar-refractivity contribution in [3.05, 3.63) is 53.6 Å². The fourth-order valence-electron chi connectivity index (χ4n) is 3.62. The number of carbonyl (C=O) groups excluding carboxylic acids is 1. The first-order valence-electron chi connectivity index (χ1n) is 9.08. The lowest BCUT2D eigenvalue weighted by molar-refractivity contribution is 0.0763. The van der Waals surface area contributed by atoms with E-state index in [0.29, 0.717) is 30.9 Å². The summed E-state index contributed by atoms with van der Waals surface area (Å²) in [6.45, 7) is 1.48. The number of ether oxygens (including phenoxy) is 1. The van der Waals surface area contributed by atoms with E-state index in [1.807, 2.05) is 25.2 Å². The molecule has 1 N–H and O–H groups in total. The highest BCUT2D eigenvalue weighted by Crippen LogP contribution is 2.22. The monoisotopic (exact) mass is 398 g/mol. The van der Waals surface area contributed by atoms with Crippen molar-refractivity contribution >= 4 is 28.7 Å². The van der Waals surface area contributed by atoms with Crippen molar-refractivity contribution in [1.29, 1.82) is 0 Å². The van der Waals surface area contributed by atoms with Crippen LogP contribution in [0.3, 0.4) is 0 Å². The molecule has 0 spiro atoms. The molecule has 1 aromatic heterocycles. The minimum Gasteiger partial charge on any atom is -0.497 e. The SMILES string of the molecule is COc1ccc(C(=O)N2C[C@@H](O)[C@H](N(C)Cc3ccc4nsnc4c3)C2)cc1. The maximum absolute atomic E-state index is 12.8. The van der Waals surface area contributed by atoms with E-state index >= 15 is 0 Å². The van der Waals surface area contributed by atoms with Gasteiger partial charge in [0, 0.05) is 25.2 Å². The highest BCUT2D eigenvalue weighted by atomic mass is 32.1. The summed E-state index contributed by atoms with van der Waals surface area (Å²) in [4.78, 5) is 16.6. The highest BCUT2D eigenvalue weighted by Gasteiger charge is 2.36. The minimum atomic E-state index is -0.586. The Bertz CT molecular complexity index is 975. The number of hydrogen-bond donors (Lipinski definition) is 1. The summed E-state index contributed by atoms with van der Waals surface area (Å²) in [6, 6.07) is 12.9. The fraction of sp³-hybridized carbons (Fsp3) is 0.350. The van der Waals surface area contributed by atoms with Gasteiger partial charge < -0.3 is 14.7 Å². The first-order chi connectivity index (χ1) is 13.5. The molecule has 2 atom stereocenters. The molecule has 4 rings (SSSR count). The molecule has 0 aliphatic carbocycles. The topological polar surface area (TPSA) is 78.8 Å². The summed E-state index contributed by atoms with van der Waals surface area (Å²) in [5.74, 6) is 0.635. The van der Waals surface area contributed by atoms with E-state index in [1.54, 1.807) is 36.3 Å². The number of aliphatic hydroxyl groups is 1. The molecule has 7 nitrogen and oxygen atoms in total. The number of benzene rings is 2. The number of nitrogens with zero attached hydrogens (tertiary/aromatic N) is 4. The quantitative estimate of drug-likeness (QED) is 0.708. The summed E-state index contributed by atoms with van der Waals surface area (Å²) < 4.78 is 13.6. The summed E-state index contributed by atoms with van der Waals surface area (Å²) in [5.41, 5.74) is 3.49. The van der Waals surface area contributed by atoms with E-state index in [0.717, 1.165) is 16.6 Å². The van der Waals surface area contributed by atoms with Crippen LogP contribution in [0.5, 0.6) is 5.75 Å². The molecule has 3 aromatic rings. The minimum absolute atomic E-state index is 0.0763. The van der Waals surface area contributed by atoms with E-state index in [9.17, 15) is 9.90 Å². The van der Waals surface area contributed by atoms with Crippen molar-refractivity contribution in [3.8, 4) is 5.75 Å². The Labute approximate surface area is 167 Å². The second-order valence-corrected chi connectivity index (χ2v) is 7.60. The van der Waals surface area contributed by atoms with Crippen LogP contribution in [-0.4, -0.2) is 69.0 Å². The van der Waals surface area contributed by atoms with E-state index in [2.05, 4.69) is 13.6 Å². The smallest absolute Gasteiger partial charge is 0.254 e. The number of methoxy groups -OCH3 is 1. The van der Waals surface area contributed by atoms with Gasteiger partial charge in [-0.2, -0.15) is 8.75 Å². The average molecular weight is 398 g/mol. The van der Waals surface area contributed by atoms with Gasteiger partial charge >= 0.3 is 0 Å². The lowest BCUT2D eigenvalue weighted by Gasteiger charge is -2.26. The van der Waals surface area contributed by atoms with E-state index < -0.39 is 6.10 Å². The number of aromatic nitrogens is 2. The van der Waals surface area contributed by atoms with Gasteiger partial charge in [-0.1, -0.05) is 6.07 Å². The average Bonchev–Trinajstić information content (AvgIpc) is 3.33. The zero-order valence-electron chi connectivity index (χ0n) is 15.8. The molecule has 2 aromatic carbocycles. The van der Waals surface area contributed by atoms with Crippen LogP contribution in [0.2, 0.25) is 0 Å².